The van der Waals surface area contributed by atoms with E-state index in [0.29, 0.717) is 44.3 Å². The molecule has 1 atom stereocenters. The topological polar surface area (TPSA) is 80.7 Å². The fourth-order valence-electron chi connectivity index (χ4n) is 4.51. The maximum Gasteiger partial charge on any atom is 0.246 e. The summed E-state index contributed by atoms with van der Waals surface area (Å²) < 4.78 is 22.0. The number of methoxy groups -OCH3 is 2. The van der Waals surface area contributed by atoms with E-state index in [0.717, 1.165) is 36.4 Å². The Kier molecular flexibility index (Phi) is 9.59. The lowest BCUT2D eigenvalue weighted by Gasteiger charge is -2.28. The fraction of sp³-hybridized carbons (Fsp3) is 0.414. The van der Waals surface area contributed by atoms with Crippen molar-refractivity contribution in [3.8, 4) is 17.2 Å². The minimum Gasteiger partial charge on any atom is -0.493 e. The molecule has 2 aliphatic heterocycles. The average molecular weight is 509 g/mol. The molecule has 1 fully saturated rings. The van der Waals surface area contributed by atoms with Crippen molar-refractivity contribution >= 4 is 17.6 Å². The van der Waals surface area contributed by atoms with Crippen molar-refractivity contribution in [2.75, 3.05) is 66.8 Å². The van der Waals surface area contributed by atoms with Gasteiger partial charge in [0.05, 0.1) is 27.4 Å². The van der Waals surface area contributed by atoms with Gasteiger partial charge in [0, 0.05) is 44.4 Å². The Morgan fingerprint density at radius 1 is 1.05 bits per heavy atom. The number of carbonyl (C=O) groups is 1. The summed E-state index contributed by atoms with van der Waals surface area (Å²) in [6, 6.07) is 13.5. The van der Waals surface area contributed by atoms with Crippen molar-refractivity contribution in [1.29, 1.82) is 0 Å². The SMILES string of the molecule is COc1ccc(C2=CCN(CC(O)COc3ccccc3C=CC(=O)N3CCOCC3)CC2)cc1OC. The van der Waals surface area contributed by atoms with Gasteiger partial charge in [-0.2, -0.15) is 0 Å². The first-order valence-electron chi connectivity index (χ1n) is 12.7. The number of aliphatic hydroxyl groups is 1. The van der Waals surface area contributed by atoms with E-state index in [4.69, 9.17) is 18.9 Å². The molecule has 0 radical (unpaired) electrons. The number of para-hydroxylation sites is 1. The summed E-state index contributed by atoms with van der Waals surface area (Å²) in [5, 5.41) is 10.6. The maximum atomic E-state index is 12.4. The minimum absolute atomic E-state index is 0.0382. The number of hydrogen-bond acceptors (Lipinski definition) is 7. The molecule has 2 aliphatic rings. The Labute approximate surface area is 218 Å². The second-order valence-corrected chi connectivity index (χ2v) is 9.08. The molecule has 198 valence electrons. The summed E-state index contributed by atoms with van der Waals surface area (Å²) in [6.07, 6.45) is 5.78. The summed E-state index contributed by atoms with van der Waals surface area (Å²) in [7, 11) is 3.27. The van der Waals surface area contributed by atoms with Crippen molar-refractivity contribution in [1.82, 2.24) is 9.80 Å². The number of morpholine rings is 1. The zero-order chi connectivity index (χ0) is 26.0. The van der Waals surface area contributed by atoms with Crippen LogP contribution in [0.25, 0.3) is 11.6 Å². The van der Waals surface area contributed by atoms with Crippen LogP contribution < -0.4 is 14.2 Å². The van der Waals surface area contributed by atoms with E-state index in [1.54, 1.807) is 31.3 Å². The number of rotatable bonds is 10. The second-order valence-electron chi connectivity index (χ2n) is 9.08. The zero-order valence-corrected chi connectivity index (χ0v) is 21.6. The number of β-amino-alcohol motifs (C(OH)–C–C–N with tert-alkyl or cyclic N) is 1. The molecule has 2 aromatic rings. The van der Waals surface area contributed by atoms with Gasteiger partial charge in [0.25, 0.3) is 0 Å². The number of carbonyl (C=O) groups excluding carboxylic acids is 1. The van der Waals surface area contributed by atoms with Crippen molar-refractivity contribution in [3.05, 3.63) is 65.7 Å². The molecule has 2 aromatic carbocycles. The van der Waals surface area contributed by atoms with Crippen LogP contribution in [0.1, 0.15) is 17.5 Å². The van der Waals surface area contributed by atoms with E-state index in [1.807, 2.05) is 42.5 Å². The van der Waals surface area contributed by atoms with Crippen LogP contribution in [0.3, 0.4) is 0 Å². The minimum atomic E-state index is -0.636. The lowest BCUT2D eigenvalue weighted by Crippen LogP contribution is -2.39. The van der Waals surface area contributed by atoms with Gasteiger partial charge in [-0.15, -0.1) is 0 Å². The Morgan fingerprint density at radius 3 is 2.57 bits per heavy atom. The van der Waals surface area contributed by atoms with Crippen molar-refractivity contribution < 1.29 is 28.8 Å². The molecule has 1 N–H and O–H groups in total. The summed E-state index contributed by atoms with van der Waals surface area (Å²) in [5.74, 6) is 2.04. The van der Waals surface area contributed by atoms with Crippen LogP contribution in [0.15, 0.2) is 54.6 Å². The maximum absolute atomic E-state index is 12.4. The van der Waals surface area contributed by atoms with Crippen LogP contribution in [0.2, 0.25) is 0 Å². The van der Waals surface area contributed by atoms with E-state index in [1.165, 1.54) is 5.57 Å². The number of ether oxygens (including phenoxy) is 4. The second kappa shape index (κ2) is 13.3. The standard InChI is InChI=1S/C29H36N2O6/c1-34-27-9-7-24(19-28(27)35-2)22-11-13-30(14-12-22)20-25(32)21-37-26-6-4-3-5-23(26)8-10-29(33)31-15-17-36-18-16-31/h3-11,19,25,32H,12-18,20-21H2,1-2H3. The predicted molar refractivity (Wildman–Crippen MR) is 143 cm³/mol. The predicted octanol–water partition coefficient (Wildman–Crippen LogP) is 3.10. The highest BCUT2D eigenvalue weighted by molar-refractivity contribution is 5.92. The number of aliphatic hydroxyl groups excluding tert-OH is 1. The van der Waals surface area contributed by atoms with Gasteiger partial charge in [-0.1, -0.05) is 30.3 Å². The van der Waals surface area contributed by atoms with Crippen LogP contribution in [-0.4, -0.2) is 93.7 Å². The highest BCUT2D eigenvalue weighted by Crippen LogP contribution is 2.32. The first kappa shape index (κ1) is 26.7. The monoisotopic (exact) mass is 508 g/mol. The Hall–Kier alpha value is -3.33. The zero-order valence-electron chi connectivity index (χ0n) is 21.6. The molecule has 0 aliphatic carbocycles. The van der Waals surface area contributed by atoms with E-state index < -0.39 is 6.10 Å². The third kappa shape index (κ3) is 7.35. The largest absolute Gasteiger partial charge is 0.493 e. The lowest BCUT2D eigenvalue weighted by atomic mass is 9.99. The third-order valence-corrected chi connectivity index (χ3v) is 6.59. The molecule has 0 spiro atoms. The molecule has 0 saturated carbocycles. The van der Waals surface area contributed by atoms with Gasteiger partial charge in [-0.05, 0) is 41.8 Å². The number of hydrogen-bond donors (Lipinski definition) is 1. The average Bonchev–Trinajstić information content (AvgIpc) is 2.95. The molecule has 0 aromatic heterocycles. The smallest absolute Gasteiger partial charge is 0.246 e. The molecular formula is C29H36N2O6. The molecule has 1 saturated heterocycles. The summed E-state index contributed by atoms with van der Waals surface area (Å²) in [4.78, 5) is 16.4. The molecule has 1 unspecified atom stereocenters. The molecule has 8 heteroatoms. The van der Waals surface area contributed by atoms with E-state index in [-0.39, 0.29) is 12.5 Å². The van der Waals surface area contributed by atoms with E-state index in [2.05, 4.69) is 11.0 Å². The quantitative estimate of drug-likeness (QED) is 0.494. The first-order chi connectivity index (χ1) is 18.1. The van der Waals surface area contributed by atoms with Crippen molar-refractivity contribution in [2.24, 2.45) is 0 Å². The highest BCUT2D eigenvalue weighted by Gasteiger charge is 2.18. The third-order valence-electron chi connectivity index (χ3n) is 6.59. The number of nitrogens with zero attached hydrogens (tertiary/aromatic N) is 2. The van der Waals surface area contributed by atoms with Crippen molar-refractivity contribution in [3.63, 3.8) is 0 Å². The molecule has 2 heterocycles. The van der Waals surface area contributed by atoms with Gasteiger partial charge in [-0.25, -0.2) is 0 Å². The molecule has 0 bridgehead atoms. The van der Waals surface area contributed by atoms with Gasteiger partial charge < -0.3 is 29.0 Å². The molecule has 1 amide bonds. The van der Waals surface area contributed by atoms with Crippen molar-refractivity contribution in [2.45, 2.75) is 12.5 Å². The lowest BCUT2D eigenvalue weighted by molar-refractivity contribution is -0.129. The van der Waals surface area contributed by atoms with Gasteiger partial charge in [0.15, 0.2) is 11.5 Å². The molecular weight excluding hydrogens is 472 g/mol. The molecule has 37 heavy (non-hydrogen) atoms. The fourth-order valence-corrected chi connectivity index (χ4v) is 4.51. The summed E-state index contributed by atoms with van der Waals surface area (Å²) >= 11 is 0. The summed E-state index contributed by atoms with van der Waals surface area (Å²) in [5.41, 5.74) is 3.19. The van der Waals surface area contributed by atoms with Gasteiger partial charge in [-0.3, -0.25) is 9.69 Å². The molecule has 8 nitrogen and oxygen atoms in total. The van der Waals surface area contributed by atoms with Gasteiger partial charge in [0.2, 0.25) is 5.91 Å². The first-order valence-corrected chi connectivity index (χ1v) is 12.7. The van der Waals surface area contributed by atoms with Crippen LogP contribution in [0, 0.1) is 0 Å². The molecule has 4 rings (SSSR count). The Bertz CT molecular complexity index is 1110. The van der Waals surface area contributed by atoms with Crippen LogP contribution in [-0.2, 0) is 9.53 Å². The Balaban J connectivity index is 1.28. The number of amides is 1. The van der Waals surface area contributed by atoms with Crippen LogP contribution in [0.4, 0.5) is 0 Å². The highest BCUT2D eigenvalue weighted by atomic mass is 16.5. The van der Waals surface area contributed by atoms with Gasteiger partial charge >= 0.3 is 0 Å². The Morgan fingerprint density at radius 2 is 1.84 bits per heavy atom. The van der Waals surface area contributed by atoms with Crippen LogP contribution in [0.5, 0.6) is 17.2 Å². The number of benzene rings is 2. The normalized spacial score (nSPS) is 17.4. The summed E-state index contributed by atoms with van der Waals surface area (Å²) in [6.45, 7) is 4.64. The van der Waals surface area contributed by atoms with Crippen LogP contribution >= 0.6 is 0 Å². The van der Waals surface area contributed by atoms with E-state index >= 15 is 0 Å². The van der Waals surface area contributed by atoms with E-state index in [9.17, 15) is 9.90 Å². The van der Waals surface area contributed by atoms with Gasteiger partial charge in [0.1, 0.15) is 18.5 Å².